The van der Waals surface area contributed by atoms with Crippen LogP contribution in [0, 0.1) is 11.6 Å². The van der Waals surface area contributed by atoms with Crippen LogP contribution in [0.1, 0.15) is 11.1 Å². The maximum atomic E-state index is 13.6. The van der Waals surface area contributed by atoms with E-state index in [1.165, 1.54) is 7.05 Å². The van der Waals surface area contributed by atoms with Crippen molar-refractivity contribution in [1.29, 1.82) is 0 Å². The zero-order valence-corrected chi connectivity index (χ0v) is 13.0. The van der Waals surface area contributed by atoms with Crippen LogP contribution in [0.25, 0.3) is 0 Å². The Bertz CT molecular complexity index is 845. The highest BCUT2D eigenvalue weighted by molar-refractivity contribution is 5.75. The molecule has 1 aromatic heterocycles. The Hall–Kier alpha value is -2.71. The van der Waals surface area contributed by atoms with Gasteiger partial charge in [-0.25, -0.2) is 8.78 Å². The maximum Gasteiger partial charge on any atom is 0.417 e. The summed E-state index contributed by atoms with van der Waals surface area (Å²) in [6.45, 7) is -0.860. The second kappa shape index (κ2) is 7.04. The first kappa shape index (κ1) is 18.6. The van der Waals surface area contributed by atoms with Crippen molar-refractivity contribution in [2.24, 2.45) is 0 Å². The van der Waals surface area contributed by atoms with Gasteiger partial charge < -0.3 is 9.47 Å². The van der Waals surface area contributed by atoms with Crippen LogP contribution >= 0.6 is 0 Å². The molecule has 0 radical (unpaired) electrons. The predicted octanol–water partition coefficient (Wildman–Crippen LogP) is 2.80. The summed E-state index contributed by atoms with van der Waals surface area (Å²) in [6.07, 6.45) is -4.10. The summed E-state index contributed by atoms with van der Waals surface area (Å²) in [4.78, 5) is 24.8. The van der Waals surface area contributed by atoms with Crippen molar-refractivity contribution < 1.29 is 26.7 Å². The van der Waals surface area contributed by atoms with Crippen LogP contribution in [0.3, 0.4) is 0 Å². The molecule has 0 fully saturated rings. The molecule has 1 aromatic carbocycles. The predicted molar refractivity (Wildman–Crippen MR) is 78.5 cm³/mol. The van der Waals surface area contributed by atoms with Crippen molar-refractivity contribution in [3.05, 3.63) is 69.6 Å². The molecule has 2 rings (SSSR count). The quantitative estimate of drug-likeness (QED) is 0.787. The third-order valence-corrected chi connectivity index (χ3v) is 3.46. The third kappa shape index (κ3) is 4.65. The molecule has 0 saturated carbocycles. The summed E-state index contributed by atoms with van der Waals surface area (Å²) in [7, 11) is 1.30. The van der Waals surface area contributed by atoms with Gasteiger partial charge in [0.05, 0.1) is 5.56 Å². The number of carbonyl (C=O) groups is 1. The van der Waals surface area contributed by atoms with Gasteiger partial charge in [-0.15, -0.1) is 0 Å². The van der Waals surface area contributed by atoms with E-state index in [1.54, 1.807) is 0 Å². The van der Waals surface area contributed by atoms with Crippen LogP contribution < -0.4 is 5.56 Å². The highest BCUT2D eigenvalue weighted by Crippen LogP contribution is 2.28. The number of halogens is 5. The van der Waals surface area contributed by atoms with Crippen LogP contribution in [0.5, 0.6) is 0 Å². The number of benzene rings is 1. The highest BCUT2D eigenvalue weighted by atomic mass is 19.4. The van der Waals surface area contributed by atoms with Crippen molar-refractivity contribution in [3.63, 3.8) is 0 Å². The van der Waals surface area contributed by atoms with Gasteiger partial charge in [-0.1, -0.05) is 6.07 Å². The first-order valence-corrected chi connectivity index (χ1v) is 7.03. The second-order valence-electron chi connectivity index (χ2n) is 5.37. The van der Waals surface area contributed by atoms with Crippen LogP contribution in [0.4, 0.5) is 22.0 Å². The molecule has 134 valence electrons. The molecular formula is C16H13F5N2O2. The normalized spacial score (nSPS) is 11.4. The number of amides is 1. The van der Waals surface area contributed by atoms with Gasteiger partial charge in [-0.3, -0.25) is 9.59 Å². The maximum absolute atomic E-state index is 13.6. The van der Waals surface area contributed by atoms with Gasteiger partial charge in [0.15, 0.2) is 0 Å². The van der Waals surface area contributed by atoms with Crippen molar-refractivity contribution in [1.82, 2.24) is 9.47 Å². The number of pyridine rings is 1. The Morgan fingerprint density at radius 1 is 1.16 bits per heavy atom. The summed E-state index contributed by atoms with van der Waals surface area (Å²) in [6, 6.07) is 4.18. The molecule has 0 bridgehead atoms. The number of hydrogen-bond acceptors (Lipinski definition) is 2. The summed E-state index contributed by atoms with van der Waals surface area (Å²) in [5, 5.41) is 0. The molecule has 9 heteroatoms. The number of alkyl halides is 3. The van der Waals surface area contributed by atoms with E-state index in [4.69, 9.17) is 0 Å². The third-order valence-electron chi connectivity index (χ3n) is 3.46. The molecule has 4 nitrogen and oxygen atoms in total. The largest absolute Gasteiger partial charge is 0.417 e. The standard InChI is InChI=1S/C16H13F5N2O2/c1-22(7-10-2-4-12(17)6-13(10)18)15(25)9-23-8-11(16(19,20)21)3-5-14(23)24/h2-6,8H,7,9H2,1H3. The van der Waals surface area contributed by atoms with Crippen molar-refractivity contribution in [2.75, 3.05) is 7.05 Å². The molecule has 0 saturated heterocycles. The Kier molecular flexibility index (Phi) is 5.24. The Labute approximate surface area is 139 Å². The fourth-order valence-corrected chi connectivity index (χ4v) is 2.08. The molecule has 1 amide bonds. The summed E-state index contributed by atoms with van der Waals surface area (Å²) < 4.78 is 65.1. The van der Waals surface area contributed by atoms with Gasteiger partial charge in [-0.2, -0.15) is 13.2 Å². The van der Waals surface area contributed by atoms with Crippen molar-refractivity contribution in [3.8, 4) is 0 Å². The van der Waals surface area contributed by atoms with E-state index in [9.17, 15) is 31.5 Å². The number of likely N-dealkylation sites (N-methyl/N-ethyl adjacent to an activating group) is 1. The summed E-state index contributed by atoms with van der Waals surface area (Å²) in [5.41, 5.74) is -1.80. The number of aromatic nitrogens is 1. The Balaban J connectivity index is 2.15. The number of carbonyl (C=O) groups excluding carboxylic acids is 1. The summed E-state index contributed by atoms with van der Waals surface area (Å²) in [5.74, 6) is -2.33. The van der Waals surface area contributed by atoms with E-state index in [2.05, 4.69) is 0 Å². The minimum Gasteiger partial charge on any atom is -0.340 e. The minimum absolute atomic E-state index is 0.0358. The Morgan fingerprint density at radius 3 is 2.44 bits per heavy atom. The zero-order chi connectivity index (χ0) is 18.8. The number of hydrogen-bond donors (Lipinski definition) is 0. The van der Waals surface area contributed by atoms with Crippen LogP contribution in [-0.2, 0) is 24.1 Å². The van der Waals surface area contributed by atoms with E-state index in [0.717, 1.165) is 23.1 Å². The smallest absolute Gasteiger partial charge is 0.340 e. The summed E-state index contributed by atoms with van der Waals surface area (Å²) >= 11 is 0. The van der Waals surface area contributed by atoms with Crippen LogP contribution in [-0.4, -0.2) is 22.4 Å². The van der Waals surface area contributed by atoms with Gasteiger partial charge >= 0.3 is 6.18 Å². The average Bonchev–Trinajstić information content (AvgIpc) is 2.50. The van der Waals surface area contributed by atoms with E-state index in [-0.39, 0.29) is 12.1 Å². The monoisotopic (exact) mass is 360 g/mol. The SMILES string of the molecule is CN(Cc1ccc(F)cc1F)C(=O)Cn1cc(C(F)(F)F)ccc1=O. The topological polar surface area (TPSA) is 42.3 Å². The fourth-order valence-electron chi connectivity index (χ4n) is 2.08. The van der Waals surface area contributed by atoms with Gasteiger partial charge in [-0.05, 0) is 12.1 Å². The molecule has 1 heterocycles. The number of nitrogens with zero attached hydrogens (tertiary/aromatic N) is 2. The van der Waals surface area contributed by atoms with Crippen molar-refractivity contribution >= 4 is 5.91 Å². The molecule has 0 aliphatic carbocycles. The van der Waals surface area contributed by atoms with Gasteiger partial charge in [0, 0.05) is 37.5 Å². The molecule has 0 aliphatic rings. The lowest BCUT2D eigenvalue weighted by atomic mass is 10.2. The van der Waals surface area contributed by atoms with Crippen LogP contribution in [0.15, 0.2) is 41.3 Å². The fraction of sp³-hybridized carbons (Fsp3) is 0.250. The Morgan fingerprint density at radius 2 is 1.84 bits per heavy atom. The lowest BCUT2D eigenvalue weighted by Gasteiger charge is -2.19. The molecule has 0 spiro atoms. The lowest BCUT2D eigenvalue weighted by Crippen LogP contribution is -2.34. The first-order valence-electron chi connectivity index (χ1n) is 7.03. The van der Waals surface area contributed by atoms with Gasteiger partial charge in [0.1, 0.15) is 18.2 Å². The molecule has 0 atom stereocenters. The van der Waals surface area contributed by atoms with E-state index in [1.807, 2.05) is 0 Å². The zero-order valence-electron chi connectivity index (χ0n) is 13.0. The van der Waals surface area contributed by atoms with Crippen LogP contribution in [0.2, 0.25) is 0 Å². The molecule has 25 heavy (non-hydrogen) atoms. The van der Waals surface area contributed by atoms with E-state index in [0.29, 0.717) is 22.9 Å². The number of rotatable bonds is 4. The lowest BCUT2D eigenvalue weighted by molar-refractivity contribution is -0.138. The average molecular weight is 360 g/mol. The van der Waals surface area contributed by atoms with Crippen molar-refractivity contribution in [2.45, 2.75) is 19.3 Å². The minimum atomic E-state index is -4.65. The van der Waals surface area contributed by atoms with Gasteiger partial charge in [0.2, 0.25) is 5.91 Å². The van der Waals surface area contributed by atoms with E-state index >= 15 is 0 Å². The molecule has 0 unspecified atom stereocenters. The molecular weight excluding hydrogens is 347 g/mol. The first-order chi connectivity index (χ1) is 11.6. The van der Waals surface area contributed by atoms with Gasteiger partial charge in [0.25, 0.3) is 5.56 Å². The highest BCUT2D eigenvalue weighted by Gasteiger charge is 2.31. The molecule has 0 aliphatic heterocycles. The second-order valence-corrected chi connectivity index (χ2v) is 5.37. The molecule has 0 N–H and O–H groups in total. The van der Waals surface area contributed by atoms with E-state index < -0.39 is 41.4 Å². The molecule has 2 aromatic rings.